The number of rotatable bonds is 6. The Kier molecular flexibility index (Phi) is 6.88. The van der Waals surface area contributed by atoms with Gasteiger partial charge in [0, 0.05) is 0 Å². The Bertz CT molecular complexity index is 494. The molecule has 0 bridgehead atoms. The molecule has 0 aliphatic heterocycles. The van der Waals surface area contributed by atoms with Gasteiger partial charge in [-0.05, 0) is 22.3 Å². The van der Waals surface area contributed by atoms with Crippen LogP contribution in [0.2, 0.25) is 0 Å². The highest BCUT2D eigenvalue weighted by Gasteiger charge is 2.18. The molecule has 0 fully saturated rings. The summed E-state index contributed by atoms with van der Waals surface area (Å²) in [6.45, 7) is 3.72. The Labute approximate surface area is 125 Å². The van der Waals surface area contributed by atoms with E-state index in [-0.39, 0.29) is 24.3 Å². The minimum atomic E-state index is -0.572. The van der Waals surface area contributed by atoms with Crippen LogP contribution in [-0.2, 0) is 9.47 Å². The van der Waals surface area contributed by atoms with E-state index < -0.39 is 11.9 Å². The van der Waals surface area contributed by atoms with E-state index in [1.165, 1.54) is 18.2 Å². The lowest BCUT2D eigenvalue weighted by Crippen LogP contribution is -2.14. The maximum Gasteiger partial charge on any atom is 0.339 e. The zero-order valence-electron chi connectivity index (χ0n) is 10.2. The summed E-state index contributed by atoms with van der Waals surface area (Å²) in [5.74, 6) is -1.13. The van der Waals surface area contributed by atoms with Gasteiger partial charge in [-0.1, -0.05) is 47.4 Å². The van der Waals surface area contributed by atoms with Crippen LogP contribution < -0.4 is 0 Å². The summed E-state index contributed by atoms with van der Waals surface area (Å²) < 4.78 is 11.7. The fraction of sp³-hybridized carbons (Fsp3) is 0.143. The highest BCUT2D eigenvalue weighted by molar-refractivity contribution is 14.1. The molecule has 1 aromatic rings. The average molecular weight is 372 g/mol. The Morgan fingerprint density at radius 1 is 1.11 bits per heavy atom. The van der Waals surface area contributed by atoms with Gasteiger partial charge in [0.1, 0.15) is 13.2 Å². The third-order valence-corrected chi connectivity index (χ3v) is 2.61. The van der Waals surface area contributed by atoms with Crippen LogP contribution >= 0.6 is 22.6 Å². The van der Waals surface area contributed by atoms with Crippen LogP contribution in [0.4, 0.5) is 0 Å². The van der Waals surface area contributed by atoms with Crippen molar-refractivity contribution in [2.75, 3.05) is 13.2 Å². The predicted molar refractivity (Wildman–Crippen MR) is 80.4 cm³/mol. The Morgan fingerprint density at radius 2 is 1.63 bits per heavy atom. The van der Waals surface area contributed by atoms with Gasteiger partial charge in [0.05, 0.1) is 11.1 Å². The number of hydrogen-bond donors (Lipinski definition) is 0. The van der Waals surface area contributed by atoms with Gasteiger partial charge in [0.25, 0.3) is 0 Å². The van der Waals surface area contributed by atoms with Crippen LogP contribution in [-0.4, -0.2) is 25.2 Å². The van der Waals surface area contributed by atoms with Crippen LogP contribution in [0.15, 0.2) is 47.1 Å². The lowest BCUT2D eigenvalue weighted by molar-refractivity contribution is 0.0503. The fourth-order valence-corrected chi connectivity index (χ4v) is 1.50. The molecule has 5 heteroatoms. The topological polar surface area (TPSA) is 52.6 Å². The first-order chi connectivity index (χ1) is 9.20. The highest BCUT2D eigenvalue weighted by atomic mass is 127. The van der Waals surface area contributed by atoms with Crippen LogP contribution in [0.1, 0.15) is 20.7 Å². The van der Waals surface area contributed by atoms with Crippen molar-refractivity contribution in [3.05, 3.63) is 58.2 Å². The number of ether oxygens (including phenoxy) is 2. The average Bonchev–Trinajstić information content (AvgIpc) is 2.45. The highest BCUT2D eigenvalue weighted by Crippen LogP contribution is 2.12. The number of halogens is 1. The molecule has 0 aliphatic carbocycles. The molecular formula is C14H13IO4. The van der Waals surface area contributed by atoms with E-state index in [0.717, 1.165) is 0 Å². The fourth-order valence-electron chi connectivity index (χ4n) is 1.29. The van der Waals surface area contributed by atoms with E-state index in [9.17, 15) is 9.59 Å². The lowest BCUT2D eigenvalue weighted by Gasteiger charge is -2.07. The van der Waals surface area contributed by atoms with Crippen molar-refractivity contribution in [3.8, 4) is 0 Å². The summed E-state index contributed by atoms with van der Waals surface area (Å²) in [5, 5.41) is 0. The zero-order valence-corrected chi connectivity index (χ0v) is 12.3. The number of esters is 2. The summed E-state index contributed by atoms with van der Waals surface area (Å²) >= 11 is 2.03. The maximum atomic E-state index is 11.8. The van der Waals surface area contributed by atoms with Gasteiger partial charge in [0.15, 0.2) is 0 Å². The van der Waals surface area contributed by atoms with E-state index in [1.54, 1.807) is 22.3 Å². The second-order valence-corrected chi connectivity index (χ2v) is 4.11. The molecule has 0 saturated carbocycles. The van der Waals surface area contributed by atoms with Gasteiger partial charge in [-0.15, -0.1) is 0 Å². The second kappa shape index (κ2) is 8.47. The Hall–Kier alpha value is -1.63. The van der Waals surface area contributed by atoms with Crippen molar-refractivity contribution in [2.24, 2.45) is 0 Å². The molecule has 0 unspecified atom stereocenters. The first-order valence-electron chi connectivity index (χ1n) is 5.50. The van der Waals surface area contributed by atoms with Crippen LogP contribution in [0.5, 0.6) is 0 Å². The number of benzene rings is 1. The molecule has 19 heavy (non-hydrogen) atoms. The SMILES string of the molecule is C=CCOC(=O)c1ccccc1C(=O)OCC=CI. The maximum absolute atomic E-state index is 11.8. The minimum absolute atomic E-state index is 0.0970. The second-order valence-electron chi connectivity index (χ2n) is 3.39. The van der Waals surface area contributed by atoms with E-state index in [1.807, 2.05) is 22.6 Å². The molecule has 0 spiro atoms. The van der Waals surface area contributed by atoms with Gasteiger partial charge < -0.3 is 9.47 Å². The molecule has 0 heterocycles. The zero-order chi connectivity index (χ0) is 14.1. The van der Waals surface area contributed by atoms with Gasteiger partial charge >= 0.3 is 11.9 Å². The predicted octanol–water partition coefficient (Wildman–Crippen LogP) is 3.13. The number of carbonyl (C=O) groups excluding carboxylic acids is 2. The van der Waals surface area contributed by atoms with Crippen molar-refractivity contribution in [1.82, 2.24) is 0 Å². The van der Waals surface area contributed by atoms with Gasteiger partial charge in [0.2, 0.25) is 0 Å². The standard InChI is InChI=1S/C14H13IO4/c1-2-9-18-13(16)11-6-3-4-7-12(11)14(17)19-10-5-8-15/h2-8H,1,9-10H2. The van der Waals surface area contributed by atoms with Crippen molar-refractivity contribution in [3.63, 3.8) is 0 Å². The van der Waals surface area contributed by atoms with Crippen molar-refractivity contribution >= 4 is 34.5 Å². The monoisotopic (exact) mass is 372 g/mol. The molecule has 0 N–H and O–H groups in total. The summed E-state index contributed by atoms with van der Waals surface area (Å²) in [6, 6.07) is 6.37. The molecule has 0 saturated heterocycles. The molecule has 100 valence electrons. The summed E-state index contributed by atoms with van der Waals surface area (Å²) in [6.07, 6.45) is 3.15. The smallest absolute Gasteiger partial charge is 0.339 e. The molecule has 0 aliphatic rings. The minimum Gasteiger partial charge on any atom is -0.458 e. The molecular weight excluding hydrogens is 359 g/mol. The first-order valence-corrected chi connectivity index (χ1v) is 6.74. The van der Waals surface area contributed by atoms with Gasteiger partial charge in [-0.2, -0.15) is 0 Å². The van der Waals surface area contributed by atoms with Gasteiger partial charge in [-0.3, -0.25) is 0 Å². The van der Waals surface area contributed by atoms with Crippen molar-refractivity contribution in [1.29, 1.82) is 0 Å². The Morgan fingerprint density at radius 3 is 2.11 bits per heavy atom. The van der Waals surface area contributed by atoms with Crippen LogP contribution in [0.25, 0.3) is 0 Å². The van der Waals surface area contributed by atoms with E-state index in [4.69, 9.17) is 9.47 Å². The van der Waals surface area contributed by atoms with Crippen molar-refractivity contribution < 1.29 is 19.1 Å². The first kappa shape index (κ1) is 15.4. The lowest BCUT2D eigenvalue weighted by atomic mass is 10.1. The van der Waals surface area contributed by atoms with E-state index in [2.05, 4.69) is 6.58 Å². The van der Waals surface area contributed by atoms with E-state index >= 15 is 0 Å². The molecule has 0 atom stereocenters. The Balaban J connectivity index is 2.85. The third-order valence-electron chi connectivity index (χ3n) is 2.10. The normalized spacial score (nSPS) is 10.2. The molecule has 1 aromatic carbocycles. The summed E-state index contributed by atoms with van der Waals surface area (Å²) in [5.41, 5.74) is 0.381. The molecule has 1 rings (SSSR count). The third kappa shape index (κ3) is 4.86. The molecule has 4 nitrogen and oxygen atoms in total. The number of hydrogen-bond acceptors (Lipinski definition) is 4. The van der Waals surface area contributed by atoms with Crippen LogP contribution in [0, 0.1) is 0 Å². The van der Waals surface area contributed by atoms with E-state index in [0.29, 0.717) is 0 Å². The van der Waals surface area contributed by atoms with Gasteiger partial charge in [-0.25, -0.2) is 9.59 Å². The largest absolute Gasteiger partial charge is 0.458 e. The number of carbonyl (C=O) groups is 2. The molecule has 0 aromatic heterocycles. The molecule has 0 radical (unpaired) electrons. The quantitative estimate of drug-likeness (QED) is 0.438. The summed E-state index contributed by atoms with van der Waals surface area (Å²) in [4.78, 5) is 23.6. The van der Waals surface area contributed by atoms with Crippen molar-refractivity contribution in [2.45, 2.75) is 0 Å². The summed E-state index contributed by atoms with van der Waals surface area (Å²) in [7, 11) is 0. The molecule has 0 amide bonds. The van der Waals surface area contributed by atoms with Crippen LogP contribution in [0.3, 0.4) is 0 Å².